The molecule has 5 heteroatoms. The van der Waals surface area contributed by atoms with Crippen molar-refractivity contribution >= 4 is 17.7 Å². The minimum absolute atomic E-state index is 0.194. The Morgan fingerprint density at radius 2 is 1.42 bits per heavy atom. The van der Waals surface area contributed by atoms with Crippen LogP contribution in [0.4, 0.5) is 0 Å². The van der Waals surface area contributed by atoms with Crippen LogP contribution < -0.4 is 5.32 Å². The molecule has 1 aromatic carbocycles. The lowest BCUT2D eigenvalue weighted by atomic mass is 9.77. The Hall–Kier alpha value is -2.17. The van der Waals surface area contributed by atoms with Crippen molar-refractivity contribution in [3.63, 3.8) is 0 Å². The van der Waals surface area contributed by atoms with Crippen LogP contribution in [0.3, 0.4) is 0 Å². The van der Waals surface area contributed by atoms with Gasteiger partial charge in [-0.15, -0.1) is 0 Å². The summed E-state index contributed by atoms with van der Waals surface area (Å²) in [5.74, 6) is -0.985. The molecule has 0 aromatic heterocycles. The quantitative estimate of drug-likeness (QED) is 0.202. The van der Waals surface area contributed by atoms with E-state index < -0.39 is 17.4 Å². The summed E-state index contributed by atoms with van der Waals surface area (Å²) in [6, 6.07) is 7.81. The summed E-state index contributed by atoms with van der Waals surface area (Å²) in [7, 11) is 0. The maximum absolute atomic E-state index is 13.1. The van der Waals surface area contributed by atoms with Crippen LogP contribution in [0.5, 0.6) is 0 Å². The van der Waals surface area contributed by atoms with E-state index >= 15 is 0 Å². The second kappa shape index (κ2) is 14.8. The molecule has 31 heavy (non-hydrogen) atoms. The van der Waals surface area contributed by atoms with Gasteiger partial charge in [-0.1, -0.05) is 88.6 Å². The number of amides is 1. The van der Waals surface area contributed by atoms with Gasteiger partial charge in [0.15, 0.2) is 5.78 Å². The molecule has 1 aromatic rings. The molecule has 0 aliphatic carbocycles. The first-order valence-electron chi connectivity index (χ1n) is 11.9. The maximum atomic E-state index is 13.1. The van der Waals surface area contributed by atoms with Gasteiger partial charge in [-0.3, -0.25) is 9.59 Å². The molecule has 0 spiro atoms. The molecule has 1 rings (SSSR count). The molecule has 174 valence electrons. The van der Waals surface area contributed by atoms with Gasteiger partial charge in [-0.25, -0.2) is 4.79 Å². The maximum Gasteiger partial charge on any atom is 0.329 e. The van der Waals surface area contributed by atoms with Crippen LogP contribution in [0.25, 0.3) is 0 Å². The summed E-state index contributed by atoms with van der Waals surface area (Å²) in [5.41, 5.74) is -0.614. The van der Waals surface area contributed by atoms with E-state index in [9.17, 15) is 14.4 Å². The average molecular weight is 432 g/mol. The van der Waals surface area contributed by atoms with E-state index in [2.05, 4.69) is 12.2 Å². The van der Waals surface area contributed by atoms with Crippen molar-refractivity contribution in [2.24, 2.45) is 5.41 Å². The first-order valence-corrected chi connectivity index (χ1v) is 11.9. The molecule has 0 heterocycles. The van der Waals surface area contributed by atoms with Gasteiger partial charge in [0.25, 0.3) is 0 Å². The summed E-state index contributed by atoms with van der Waals surface area (Å²) in [5, 5.41) is 2.78. The number of Topliss-reactive ketones (excluding diaryl/α,β-unsaturated/α-hetero) is 1. The largest absolute Gasteiger partial charge is 0.464 e. The predicted octanol–water partition coefficient (Wildman–Crippen LogP) is 5.86. The zero-order chi connectivity index (χ0) is 23.1. The van der Waals surface area contributed by atoms with Gasteiger partial charge in [0.05, 0.1) is 12.0 Å². The van der Waals surface area contributed by atoms with Gasteiger partial charge < -0.3 is 10.1 Å². The van der Waals surface area contributed by atoms with E-state index in [1.807, 2.05) is 6.07 Å². The molecule has 1 amide bonds. The first kappa shape index (κ1) is 26.9. The molecule has 0 saturated carbocycles. The molecule has 0 aliphatic rings. The van der Waals surface area contributed by atoms with Crippen molar-refractivity contribution in [3.8, 4) is 0 Å². The normalized spacial score (nSPS) is 12.3. The van der Waals surface area contributed by atoms with Crippen LogP contribution >= 0.6 is 0 Å². The van der Waals surface area contributed by atoms with Crippen molar-refractivity contribution < 1.29 is 19.1 Å². The van der Waals surface area contributed by atoms with Gasteiger partial charge in [0.1, 0.15) is 6.04 Å². The monoisotopic (exact) mass is 431 g/mol. The number of benzene rings is 1. The number of rotatable bonds is 16. The minimum Gasteiger partial charge on any atom is -0.464 e. The number of esters is 1. The highest BCUT2D eigenvalue weighted by atomic mass is 16.5. The Bertz CT molecular complexity index is 669. The van der Waals surface area contributed by atoms with E-state index in [1.54, 1.807) is 45.0 Å². The van der Waals surface area contributed by atoms with Crippen molar-refractivity contribution in [1.82, 2.24) is 5.32 Å². The van der Waals surface area contributed by atoms with Gasteiger partial charge >= 0.3 is 5.97 Å². The molecular formula is C26H41NO4. The Kier molecular flexibility index (Phi) is 12.8. The topological polar surface area (TPSA) is 72.5 Å². The summed E-state index contributed by atoms with van der Waals surface area (Å²) in [4.78, 5) is 38.2. The number of ether oxygens (including phenoxy) is 1. The van der Waals surface area contributed by atoms with E-state index in [0.29, 0.717) is 12.0 Å². The Labute approximate surface area is 188 Å². The second-order valence-corrected chi connectivity index (χ2v) is 8.75. The van der Waals surface area contributed by atoms with E-state index in [1.165, 1.54) is 38.5 Å². The van der Waals surface area contributed by atoms with Crippen LogP contribution in [-0.2, 0) is 14.3 Å². The van der Waals surface area contributed by atoms with Crippen LogP contribution in [0, 0.1) is 5.41 Å². The first-order chi connectivity index (χ1) is 14.8. The van der Waals surface area contributed by atoms with Crippen molar-refractivity contribution in [1.29, 1.82) is 0 Å². The Morgan fingerprint density at radius 3 is 1.97 bits per heavy atom. The summed E-state index contributed by atoms with van der Waals surface area (Å²) < 4.78 is 5.17. The smallest absolute Gasteiger partial charge is 0.329 e. The SMILES string of the molecule is CCCCCCCCCCCC(=O)N[C@@H](C(=O)OCC)C(C)(C)C(=O)c1ccccc1. The predicted molar refractivity (Wildman–Crippen MR) is 125 cm³/mol. The lowest BCUT2D eigenvalue weighted by molar-refractivity contribution is -0.150. The number of unbranched alkanes of at least 4 members (excludes halogenated alkanes) is 8. The number of hydrogen-bond donors (Lipinski definition) is 1. The highest BCUT2D eigenvalue weighted by Gasteiger charge is 2.43. The highest BCUT2D eigenvalue weighted by Crippen LogP contribution is 2.27. The van der Waals surface area contributed by atoms with E-state index in [-0.39, 0.29) is 18.3 Å². The van der Waals surface area contributed by atoms with Gasteiger partial charge in [-0.05, 0) is 27.2 Å². The second-order valence-electron chi connectivity index (χ2n) is 8.75. The number of nitrogens with one attached hydrogen (secondary N) is 1. The van der Waals surface area contributed by atoms with Gasteiger partial charge in [0.2, 0.25) is 5.91 Å². The summed E-state index contributed by atoms with van der Waals surface area (Å²) in [6.45, 7) is 7.49. The van der Waals surface area contributed by atoms with Gasteiger partial charge in [-0.2, -0.15) is 0 Å². The van der Waals surface area contributed by atoms with E-state index in [4.69, 9.17) is 4.74 Å². The Balaban J connectivity index is 2.58. The summed E-state index contributed by atoms with van der Waals surface area (Å²) in [6.07, 6.45) is 10.9. The molecule has 0 unspecified atom stereocenters. The van der Waals surface area contributed by atoms with Crippen LogP contribution in [0.2, 0.25) is 0 Å². The van der Waals surface area contributed by atoms with E-state index in [0.717, 1.165) is 19.3 Å². The molecule has 0 saturated heterocycles. The fourth-order valence-electron chi connectivity index (χ4n) is 3.68. The van der Waals surface area contributed by atoms with Crippen LogP contribution in [0.15, 0.2) is 30.3 Å². The third kappa shape index (κ3) is 9.67. The zero-order valence-electron chi connectivity index (χ0n) is 19.9. The number of hydrogen-bond acceptors (Lipinski definition) is 4. The molecule has 0 aliphatic heterocycles. The van der Waals surface area contributed by atoms with Crippen LogP contribution in [0.1, 0.15) is 102 Å². The molecule has 0 fully saturated rings. The lowest BCUT2D eigenvalue weighted by Gasteiger charge is -2.32. The Morgan fingerprint density at radius 1 is 0.871 bits per heavy atom. The average Bonchev–Trinajstić information content (AvgIpc) is 2.76. The van der Waals surface area contributed by atoms with Crippen molar-refractivity contribution in [3.05, 3.63) is 35.9 Å². The summed E-state index contributed by atoms with van der Waals surface area (Å²) >= 11 is 0. The minimum atomic E-state index is -1.12. The van der Waals surface area contributed by atoms with Gasteiger partial charge in [0, 0.05) is 12.0 Å². The van der Waals surface area contributed by atoms with Crippen molar-refractivity contribution in [2.45, 2.75) is 97.9 Å². The number of ketones is 1. The third-order valence-corrected chi connectivity index (χ3v) is 5.68. The number of carbonyl (C=O) groups is 3. The fraction of sp³-hybridized carbons (Fsp3) is 0.654. The molecule has 0 bridgehead atoms. The molecule has 1 atom stereocenters. The molecule has 0 radical (unpaired) electrons. The third-order valence-electron chi connectivity index (χ3n) is 5.68. The fourth-order valence-corrected chi connectivity index (χ4v) is 3.68. The molecule has 5 nitrogen and oxygen atoms in total. The zero-order valence-corrected chi connectivity index (χ0v) is 19.9. The lowest BCUT2D eigenvalue weighted by Crippen LogP contribution is -2.54. The van der Waals surface area contributed by atoms with Crippen molar-refractivity contribution in [2.75, 3.05) is 6.61 Å². The molecular weight excluding hydrogens is 390 g/mol. The number of carbonyl (C=O) groups excluding carboxylic acids is 3. The molecule has 1 N–H and O–H groups in total. The van der Waals surface area contributed by atoms with Crippen LogP contribution in [-0.4, -0.2) is 30.3 Å². The standard InChI is InChI=1S/C26H41NO4/c1-5-7-8-9-10-11-12-13-17-20-22(28)27-23(25(30)31-6-2)26(3,4)24(29)21-18-15-14-16-19-21/h14-16,18-19,23H,5-13,17,20H2,1-4H3,(H,27,28)/t23-/m0/s1. The highest BCUT2D eigenvalue weighted by molar-refractivity contribution is 6.04.